The summed E-state index contributed by atoms with van der Waals surface area (Å²) in [4.78, 5) is 5.86. The van der Waals surface area contributed by atoms with E-state index < -0.39 is 0 Å². The Morgan fingerprint density at radius 1 is 1.05 bits per heavy atom. The van der Waals surface area contributed by atoms with Crippen LogP contribution in [0.3, 0.4) is 0 Å². The largest absolute Gasteiger partial charge is 0.290 e. The molecular weight excluding hydrogens is 264 g/mol. The van der Waals surface area contributed by atoms with Crippen molar-refractivity contribution in [1.29, 1.82) is 0 Å². The van der Waals surface area contributed by atoms with Crippen LogP contribution < -0.4 is 0 Å². The highest BCUT2D eigenvalue weighted by atomic mass is 32.1. The molecule has 4 rings (SSSR count). The lowest BCUT2D eigenvalue weighted by Gasteiger charge is -2.03. The summed E-state index contributed by atoms with van der Waals surface area (Å²) in [5, 5.41) is 0. The first-order valence-electron chi connectivity index (χ1n) is 6.66. The molecule has 0 N–H and O–H groups in total. The van der Waals surface area contributed by atoms with E-state index in [0.717, 1.165) is 10.7 Å². The number of imidazole rings is 1. The third-order valence-corrected chi connectivity index (χ3v) is 4.70. The quantitative estimate of drug-likeness (QED) is 0.487. The zero-order valence-electron chi connectivity index (χ0n) is 11.4. The van der Waals surface area contributed by atoms with Crippen molar-refractivity contribution in [3.8, 4) is 11.3 Å². The van der Waals surface area contributed by atoms with E-state index >= 15 is 0 Å². The Balaban J connectivity index is 1.99. The second-order valence-corrected chi connectivity index (χ2v) is 6.18. The number of benzene rings is 2. The number of fused-ring (bicyclic) bond motifs is 3. The summed E-state index contributed by atoms with van der Waals surface area (Å²) < 4.78 is 3.47. The smallest absolute Gasteiger partial charge is 0.195 e. The van der Waals surface area contributed by atoms with Gasteiger partial charge in [-0.2, -0.15) is 0 Å². The minimum Gasteiger partial charge on any atom is -0.290 e. The molecule has 2 nitrogen and oxygen atoms in total. The van der Waals surface area contributed by atoms with Crippen molar-refractivity contribution in [2.75, 3.05) is 0 Å². The Morgan fingerprint density at radius 2 is 1.90 bits per heavy atom. The van der Waals surface area contributed by atoms with E-state index in [2.05, 4.69) is 66.9 Å². The summed E-state index contributed by atoms with van der Waals surface area (Å²) in [6.45, 7) is 4.26. The van der Waals surface area contributed by atoms with Crippen molar-refractivity contribution in [1.82, 2.24) is 9.38 Å². The molecule has 0 radical (unpaired) electrons. The molecule has 0 aliphatic rings. The van der Waals surface area contributed by atoms with E-state index in [-0.39, 0.29) is 0 Å². The third kappa shape index (κ3) is 1.67. The summed E-state index contributed by atoms with van der Waals surface area (Å²) in [6.07, 6.45) is 2.15. The van der Waals surface area contributed by atoms with Crippen LogP contribution in [0.15, 0.2) is 48.7 Å². The Labute approximate surface area is 121 Å². The number of thiazole rings is 1. The van der Waals surface area contributed by atoms with Crippen LogP contribution >= 0.6 is 11.3 Å². The van der Waals surface area contributed by atoms with Gasteiger partial charge in [0.25, 0.3) is 0 Å². The summed E-state index contributed by atoms with van der Waals surface area (Å²) in [5.74, 6) is 0. The summed E-state index contributed by atoms with van der Waals surface area (Å²) >= 11 is 1.74. The highest BCUT2D eigenvalue weighted by Gasteiger charge is 2.11. The molecule has 2 aromatic carbocycles. The molecule has 0 aliphatic heterocycles. The number of hydrogen-bond acceptors (Lipinski definition) is 2. The van der Waals surface area contributed by atoms with Crippen molar-refractivity contribution in [2.24, 2.45) is 0 Å². The number of para-hydroxylation sites is 1. The highest BCUT2D eigenvalue weighted by molar-refractivity contribution is 7.23. The number of nitrogens with zero attached hydrogens (tertiary/aromatic N) is 2. The molecule has 4 aromatic rings. The molecule has 0 aliphatic carbocycles. The van der Waals surface area contributed by atoms with Crippen LogP contribution in [-0.2, 0) is 0 Å². The number of rotatable bonds is 1. The molecule has 98 valence electrons. The fourth-order valence-electron chi connectivity index (χ4n) is 2.59. The van der Waals surface area contributed by atoms with Crippen LogP contribution in [0.2, 0.25) is 0 Å². The van der Waals surface area contributed by atoms with Gasteiger partial charge >= 0.3 is 0 Å². The Bertz CT molecular complexity index is 931. The van der Waals surface area contributed by atoms with Gasteiger partial charge in [0, 0.05) is 11.8 Å². The third-order valence-electron chi connectivity index (χ3n) is 3.67. The standard InChI is InChI=1S/C17H14N2S/c1-11-7-8-12(2)13(9-11)14-10-19-15-5-3-4-6-16(15)20-17(19)18-14/h3-10H,1-2H3. The van der Waals surface area contributed by atoms with Gasteiger partial charge in [-0.3, -0.25) is 4.40 Å². The number of aryl methyl sites for hydroxylation is 2. The molecule has 2 heterocycles. The molecular formula is C17H14N2S. The van der Waals surface area contributed by atoms with Crippen LogP contribution in [0, 0.1) is 13.8 Å². The van der Waals surface area contributed by atoms with Gasteiger partial charge in [0.1, 0.15) is 0 Å². The molecule has 0 atom stereocenters. The fourth-order valence-corrected chi connectivity index (χ4v) is 3.60. The first-order valence-corrected chi connectivity index (χ1v) is 7.48. The van der Waals surface area contributed by atoms with Crippen molar-refractivity contribution in [3.05, 3.63) is 59.8 Å². The molecule has 0 bridgehead atoms. The Kier molecular flexibility index (Phi) is 2.44. The molecule has 0 unspecified atom stereocenters. The zero-order chi connectivity index (χ0) is 13.7. The van der Waals surface area contributed by atoms with Gasteiger partial charge in [-0.1, -0.05) is 41.2 Å². The second kappa shape index (κ2) is 4.18. The van der Waals surface area contributed by atoms with E-state index in [1.165, 1.54) is 26.9 Å². The predicted molar refractivity (Wildman–Crippen MR) is 85.5 cm³/mol. The molecule has 3 heteroatoms. The summed E-state index contributed by atoms with van der Waals surface area (Å²) in [5.41, 5.74) is 6.06. The lowest BCUT2D eigenvalue weighted by molar-refractivity contribution is 1.30. The van der Waals surface area contributed by atoms with Gasteiger partial charge in [-0.05, 0) is 37.6 Å². The monoisotopic (exact) mass is 278 g/mol. The maximum atomic E-state index is 4.80. The molecule has 0 fully saturated rings. The lowest BCUT2D eigenvalue weighted by Crippen LogP contribution is -1.84. The van der Waals surface area contributed by atoms with Crippen LogP contribution in [0.25, 0.3) is 26.4 Å². The van der Waals surface area contributed by atoms with Crippen molar-refractivity contribution >= 4 is 26.5 Å². The summed E-state index contributed by atoms with van der Waals surface area (Å²) in [6, 6.07) is 15.0. The van der Waals surface area contributed by atoms with Gasteiger partial charge in [0.15, 0.2) is 4.96 Å². The Morgan fingerprint density at radius 3 is 2.80 bits per heavy atom. The first kappa shape index (κ1) is 11.7. The molecule has 0 saturated carbocycles. The average molecular weight is 278 g/mol. The van der Waals surface area contributed by atoms with Crippen LogP contribution in [-0.4, -0.2) is 9.38 Å². The zero-order valence-corrected chi connectivity index (χ0v) is 12.2. The fraction of sp³-hybridized carbons (Fsp3) is 0.118. The highest BCUT2D eigenvalue weighted by Crippen LogP contribution is 2.30. The molecule has 20 heavy (non-hydrogen) atoms. The van der Waals surface area contributed by atoms with Crippen LogP contribution in [0.4, 0.5) is 0 Å². The van der Waals surface area contributed by atoms with Crippen LogP contribution in [0.1, 0.15) is 11.1 Å². The topological polar surface area (TPSA) is 17.3 Å². The van der Waals surface area contributed by atoms with Crippen molar-refractivity contribution < 1.29 is 0 Å². The average Bonchev–Trinajstić information content (AvgIpc) is 2.99. The van der Waals surface area contributed by atoms with E-state index in [1.807, 2.05) is 0 Å². The van der Waals surface area contributed by atoms with E-state index in [1.54, 1.807) is 11.3 Å². The lowest BCUT2D eigenvalue weighted by atomic mass is 10.0. The van der Waals surface area contributed by atoms with E-state index in [0.29, 0.717) is 0 Å². The normalized spacial score (nSPS) is 11.5. The van der Waals surface area contributed by atoms with Gasteiger partial charge in [-0.25, -0.2) is 4.98 Å². The van der Waals surface area contributed by atoms with Gasteiger partial charge in [0.05, 0.1) is 15.9 Å². The minimum atomic E-state index is 1.06. The SMILES string of the molecule is Cc1ccc(C)c(-c2cn3c(n2)sc2ccccc23)c1. The van der Waals surface area contributed by atoms with E-state index in [4.69, 9.17) is 4.98 Å². The van der Waals surface area contributed by atoms with Gasteiger partial charge < -0.3 is 0 Å². The van der Waals surface area contributed by atoms with Gasteiger partial charge in [0.2, 0.25) is 0 Å². The second-order valence-electron chi connectivity index (χ2n) is 5.17. The number of hydrogen-bond donors (Lipinski definition) is 0. The first-order chi connectivity index (χ1) is 9.72. The maximum Gasteiger partial charge on any atom is 0.195 e. The molecule has 0 spiro atoms. The summed E-state index contributed by atoms with van der Waals surface area (Å²) in [7, 11) is 0. The number of aromatic nitrogens is 2. The Hall–Kier alpha value is -2.13. The molecule has 0 saturated heterocycles. The van der Waals surface area contributed by atoms with Crippen molar-refractivity contribution in [3.63, 3.8) is 0 Å². The van der Waals surface area contributed by atoms with E-state index in [9.17, 15) is 0 Å². The maximum absolute atomic E-state index is 4.80. The van der Waals surface area contributed by atoms with Crippen molar-refractivity contribution in [2.45, 2.75) is 13.8 Å². The predicted octanol–water partition coefficient (Wildman–Crippen LogP) is 4.83. The minimum absolute atomic E-state index is 1.06. The molecule has 0 amide bonds. The van der Waals surface area contributed by atoms with Crippen LogP contribution in [0.5, 0.6) is 0 Å². The molecule has 2 aromatic heterocycles. The van der Waals surface area contributed by atoms with Gasteiger partial charge in [-0.15, -0.1) is 0 Å².